The smallest absolute Gasteiger partial charge is 0.223 e. The van der Waals surface area contributed by atoms with Crippen LogP contribution in [-0.4, -0.2) is 25.6 Å². The van der Waals surface area contributed by atoms with Gasteiger partial charge in [-0.15, -0.1) is 11.8 Å². The monoisotopic (exact) mass is 469 g/mol. The first kappa shape index (κ1) is 22.1. The minimum atomic E-state index is -0.277. The molecule has 0 bridgehead atoms. The van der Waals surface area contributed by atoms with Crippen molar-refractivity contribution in [3.63, 3.8) is 0 Å². The molecule has 2 aromatic carbocycles. The summed E-state index contributed by atoms with van der Waals surface area (Å²) in [6.45, 7) is 2.74. The van der Waals surface area contributed by atoms with Gasteiger partial charge in [-0.2, -0.15) is 0 Å². The lowest BCUT2D eigenvalue weighted by Crippen LogP contribution is -2.05. The van der Waals surface area contributed by atoms with Gasteiger partial charge >= 0.3 is 0 Å². The van der Waals surface area contributed by atoms with E-state index >= 15 is 0 Å². The van der Waals surface area contributed by atoms with E-state index in [2.05, 4.69) is 47.7 Å². The van der Waals surface area contributed by atoms with Gasteiger partial charge in [-0.25, -0.2) is 19.3 Å². The predicted molar refractivity (Wildman–Crippen MR) is 137 cm³/mol. The van der Waals surface area contributed by atoms with E-state index in [1.807, 2.05) is 28.8 Å². The molecule has 0 aliphatic rings. The summed E-state index contributed by atoms with van der Waals surface area (Å²) in [5, 5.41) is 3.36. The molecule has 5 nitrogen and oxygen atoms in total. The number of hydrogen-bond donors (Lipinski definition) is 1. The number of halogens is 1. The molecule has 0 spiro atoms. The van der Waals surface area contributed by atoms with Crippen LogP contribution >= 0.6 is 11.8 Å². The third kappa shape index (κ3) is 4.39. The first-order chi connectivity index (χ1) is 16.7. The molecule has 170 valence electrons. The fourth-order valence-corrected chi connectivity index (χ4v) is 4.58. The highest BCUT2D eigenvalue weighted by molar-refractivity contribution is 7.98. The molecule has 0 amide bonds. The van der Waals surface area contributed by atoms with Gasteiger partial charge in [0.15, 0.2) is 0 Å². The van der Waals surface area contributed by atoms with Crippen LogP contribution in [0, 0.1) is 5.82 Å². The van der Waals surface area contributed by atoms with Crippen LogP contribution in [0.3, 0.4) is 0 Å². The number of thioether (sulfide) groups is 1. The van der Waals surface area contributed by atoms with E-state index in [1.54, 1.807) is 30.1 Å². The molecule has 0 saturated carbocycles. The van der Waals surface area contributed by atoms with Gasteiger partial charge in [-0.1, -0.05) is 25.1 Å². The second-order valence-corrected chi connectivity index (χ2v) is 8.71. The molecule has 0 fully saturated rings. The highest BCUT2D eigenvalue weighted by Gasteiger charge is 2.18. The van der Waals surface area contributed by atoms with Gasteiger partial charge in [0.25, 0.3) is 0 Å². The van der Waals surface area contributed by atoms with Crippen molar-refractivity contribution in [1.29, 1.82) is 0 Å². The second kappa shape index (κ2) is 9.65. The van der Waals surface area contributed by atoms with E-state index in [0.717, 1.165) is 34.7 Å². The van der Waals surface area contributed by atoms with Crippen LogP contribution in [0.2, 0.25) is 0 Å². The normalized spacial score (nSPS) is 11.1. The van der Waals surface area contributed by atoms with E-state index in [1.165, 1.54) is 28.2 Å². The number of rotatable bonds is 7. The van der Waals surface area contributed by atoms with Gasteiger partial charge < -0.3 is 5.32 Å². The minimum Gasteiger partial charge on any atom is -0.350 e. The van der Waals surface area contributed by atoms with E-state index < -0.39 is 0 Å². The number of aryl methyl sites for hydroxylation is 1. The van der Waals surface area contributed by atoms with Crippen LogP contribution in [0.1, 0.15) is 18.1 Å². The number of hydrogen-bond acceptors (Lipinski definition) is 5. The third-order valence-corrected chi connectivity index (χ3v) is 6.58. The number of fused-ring (bicyclic) bond motifs is 1. The molecule has 0 atom stereocenters. The Morgan fingerprint density at radius 1 is 1.00 bits per heavy atom. The highest BCUT2D eigenvalue weighted by atomic mass is 32.2. The summed E-state index contributed by atoms with van der Waals surface area (Å²) in [6, 6.07) is 20.7. The zero-order valence-corrected chi connectivity index (χ0v) is 19.8. The van der Waals surface area contributed by atoms with Gasteiger partial charge in [-0.05, 0) is 72.3 Å². The molecule has 5 aromatic rings. The first-order valence-corrected chi connectivity index (χ1v) is 12.3. The topological polar surface area (TPSA) is 55.1 Å². The van der Waals surface area contributed by atoms with Crippen LogP contribution in [0.15, 0.2) is 84.0 Å². The maximum Gasteiger partial charge on any atom is 0.223 e. The van der Waals surface area contributed by atoms with Crippen LogP contribution in [0.5, 0.6) is 0 Å². The Morgan fingerprint density at radius 2 is 1.82 bits per heavy atom. The van der Waals surface area contributed by atoms with Crippen molar-refractivity contribution in [2.45, 2.75) is 24.8 Å². The molecule has 5 rings (SSSR count). The van der Waals surface area contributed by atoms with Crippen LogP contribution in [0.25, 0.3) is 28.3 Å². The number of imidazole rings is 1. The molecule has 0 aliphatic heterocycles. The van der Waals surface area contributed by atoms with Crippen molar-refractivity contribution >= 4 is 23.4 Å². The molecule has 0 saturated heterocycles. The van der Waals surface area contributed by atoms with Crippen LogP contribution in [-0.2, 0) is 13.0 Å². The third-order valence-electron chi connectivity index (χ3n) is 5.74. The number of nitrogens with one attached hydrogen (secondary N) is 1. The Labute approximate surface area is 202 Å². The molecule has 3 heterocycles. The summed E-state index contributed by atoms with van der Waals surface area (Å²) in [5.41, 5.74) is 6.40. The summed E-state index contributed by atoms with van der Waals surface area (Å²) in [5.74, 6) is 0.264. The van der Waals surface area contributed by atoms with Gasteiger partial charge in [0, 0.05) is 29.4 Å². The highest BCUT2D eigenvalue weighted by Crippen LogP contribution is 2.32. The van der Waals surface area contributed by atoms with E-state index in [0.29, 0.717) is 12.5 Å². The van der Waals surface area contributed by atoms with E-state index in [9.17, 15) is 4.39 Å². The van der Waals surface area contributed by atoms with E-state index in [4.69, 9.17) is 9.97 Å². The summed E-state index contributed by atoms with van der Waals surface area (Å²) in [4.78, 5) is 15.4. The SMILES string of the molecule is CCc1ccn2c(-c3ccnc(NCc4ccccc4SC)n3)c(-c3ccc(F)cc3)nc2c1. The molecule has 0 aliphatic carbocycles. The lowest BCUT2D eigenvalue weighted by Gasteiger charge is -2.10. The van der Waals surface area contributed by atoms with Gasteiger partial charge in [0.05, 0.1) is 17.1 Å². The number of aromatic nitrogens is 4. The maximum atomic E-state index is 13.6. The summed E-state index contributed by atoms with van der Waals surface area (Å²) in [7, 11) is 0. The molecule has 0 radical (unpaired) electrons. The van der Waals surface area contributed by atoms with Gasteiger partial charge in [0.2, 0.25) is 5.95 Å². The van der Waals surface area contributed by atoms with Crippen molar-refractivity contribution in [2.75, 3.05) is 11.6 Å². The molecule has 1 N–H and O–H groups in total. The number of pyridine rings is 1. The number of benzene rings is 2. The van der Waals surface area contributed by atoms with Crippen LogP contribution in [0.4, 0.5) is 10.3 Å². The number of nitrogens with zero attached hydrogens (tertiary/aromatic N) is 4. The average Bonchev–Trinajstić information content (AvgIpc) is 3.27. The number of anilines is 1. The molecule has 0 unspecified atom stereocenters. The Kier molecular flexibility index (Phi) is 6.27. The Hall–Kier alpha value is -3.71. The van der Waals surface area contributed by atoms with Crippen LogP contribution < -0.4 is 5.32 Å². The van der Waals surface area contributed by atoms with Crippen molar-refractivity contribution < 1.29 is 4.39 Å². The standard InChI is InChI=1S/C27H24FN5S/c1-3-18-13-15-33-24(16-18)32-25(19-8-10-21(28)11-9-19)26(33)22-12-14-29-27(31-22)30-17-20-6-4-5-7-23(20)34-2/h4-16H,3,17H2,1-2H3,(H,29,30,31). The molecule has 7 heteroatoms. The fraction of sp³-hybridized carbons (Fsp3) is 0.148. The van der Waals surface area contributed by atoms with Gasteiger partial charge in [-0.3, -0.25) is 4.40 Å². The molecule has 34 heavy (non-hydrogen) atoms. The summed E-state index contributed by atoms with van der Waals surface area (Å²) < 4.78 is 15.6. The minimum absolute atomic E-state index is 0.277. The van der Waals surface area contributed by atoms with Crippen molar-refractivity contribution in [1.82, 2.24) is 19.4 Å². The van der Waals surface area contributed by atoms with Crippen molar-refractivity contribution in [3.8, 4) is 22.6 Å². The first-order valence-electron chi connectivity index (χ1n) is 11.1. The summed E-state index contributed by atoms with van der Waals surface area (Å²) in [6.07, 6.45) is 6.76. The van der Waals surface area contributed by atoms with Crippen molar-refractivity contribution in [2.24, 2.45) is 0 Å². The largest absolute Gasteiger partial charge is 0.350 e. The quantitative estimate of drug-likeness (QED) is 0.276. The Morgan fingerprint density at radius 3 is 2.62 bits per heavy atom. The maximum absolute atomic E-state index is 13.6. The zero-order valence-electron chi connectivity index (χ0n) is 19.0. The lowest BCUT2D eigenvalue weighted by molar-refractivity contribution is 0.628. The molecule has 3 aromatic heterocycles. The zero-order chi connectivity index (χ0) is 23.5. The average molecular weight is 470 g/mol. The second-order valence-electron chi connectivity index (χ2n) is 7.86. The molecular formula is C27H24FN5S. The predicted octanol–water partition coefficient (Wildman–Crippen LogP) is 6.49. The molecular weight excluding hydrogens is 445 g/mol. The summed E-state index contributed by atoms with van der Waals surface area (Å²) >= 11 is 1.72. The van der Waals surface area contributed by atoms with Gasteiger partial charge in [0.1, 0.15) is 11.5 Å². The fourth-order valence-electron chi connectivity index (χ4n) is 3.96. The van der Waals surface area contributed by atoms with E-state index in [-0.39, 0.29) is 5.82 Å². The Bertz CT molecular complexity index is 1450. The Balaban J connectivity index is 1.57. The lowest BCUT2D eigenvalue weighted by atomic mass is 10.1. The van der Waals surface area contributed by atoms with Crippen molar-refractivity contribution in [3.05, 3.63) is 96.1 Å².